The van der Waals surface area contributed by atoms with E-state index in [2.05, 4.69) is 11.2 Å². The molecule has 1 rings (SSSR count). The topological polar surface area (TPSA) is 46.2 Å². The molecule has 0 spiro atoms. The van der Waals surface area contributed by atoms with E-state index >= 15 is 0 Å². The van der Waals surface area contributed by atoms with E-state index in [0.717, 1.165) is 0 Å². The predicted octanol–water partition coefficient (Wildman–Crippen LogP) is 0.103. The third kappa shape index (κ3) is 1.85. The van der Waals surface area contributed by atoms with Crippen molar-refractivity contribution < 1.29 is 9.59 Å². The fraction of sp³-hybridized carbons (Fsp3) is 0.556. The molecule has 0 saturated heterocycles. The largest absolute Gasteiger partial charge is 0.342 e. The summed E-state index contributed by atoms with van der Waals surface area (Å²) in [5.41, 5.74) is 0. The highest BCUT2D eigenvalue weighted by Crippen LogP contribution is 2.22. The molecule has 1 atom stereocenters. The highest BCUT2D eigenvalue weighted by atomic mass is 16.2. The number of amides is 1. The van der Waals surface area contributed by atoms with Crippen LogP contribution in [0.25, 0.3) is 0 Å². The summed E-state index contributed by atoms with van der Waals surface area (Å²) >= 11 is 0. The van der Waals surface area contributed by atoms with Crippen molar-refractivity contribution in [3.05, 3.63) is 0 Å². The number of ketones is 1. The molecule has 0 aromatic heterocycles. The van der Waals surface area contributed by atoms with Gasteiger partial charge in [-0.2, -0.15) is 0 Å². The monoisotopic (exact) mass is 165 g/mol. The summed E-state index contributed by atoms with van der Waals surface area (Å²) in [5.74, 6) is 2.32. The average molecular weight is 165 g/mol. The normalized spacial score (nSPS) is 19.2. The SMILES string of the molecule is C#CC(C)NC(=O)C1CC(=O)C1. The Kier molecular flexibility index (Phi) is 2.49. The van der Waals surface area contributed by atoms with Crippen LogP contribution in [-0.2, 0) is 9.59 Å². The summed E-state index contributed by atoms with van der Waals surface area (Å²) in [7, 11) is 0. The molecular weight excluding hydrogens is 154 g/mol. The quantitative estimate of drug-likeness (QED) is 0.590. The van der Waals surface area contributed by atoms with Crippen molar-refractivity contribution in [1.82, 2.24) is 5.32 Å². The molecule has 0 heterocycles. The Bertz CT molecular complexity index is 244. The summed E-state index contributed by atoms with van der Waals surface area (Å²) in [6, 6.07) is -0.242. The van der Waals surface area contributed by atoms with Crippen LogP contribution in [0.1, 0.15) is 19.8 Å². The van der Waals surface area contributed by atoms with Crippen molar-refractivity contribution in [2.75, 3.05) is 0 Å². The van der Waals surface area contributed by atoms with E-state index in [1.54, 1.807) is 6.92 Å². The number of nitrogens with one attached hydrogen (secondary N) is 1. The number of hydrogen-bond donors (Lipinski definition) is 1. The second-order valence-electron chi connectivity index (χ2n) is 3.04. The van der Waals surface area contributed by atoms with Crippen molar-refractivity contribution >= 4 is 11.7 Å². The third-order valence-electron chi connectivity index (χ3n) is 1.93. The van der Waals surface area contributed by atoms with Gasteiger partial charge in [-0.15, -0.1) is 6.42 Å². The van der Waals surface area contributed by atoms with E-state index in [9.17, 15) is 9.59 Å². The molecule has 1 saturated carbocycles. The van der Waals surface area contributed by atoms with E-state index in [0.29, 0.717) is 12.8 Å². The maximum Gasteiger partial charge on any atom is 0.224 e. The van der Waals surface area contributed by atoms with Gasteiger partial charge in [-0.05, 0) is 6.92 Å². The lowest BCUT2D eigenvalue weighted by Crippen LogP contribution is -2.42. The fourth-order valence-electron chi connectivity index (χ4n) is 1.05. The van der Waals surface area contributed by atoms with E-state index in [-0.39, 0.29) is 23.7 Å². The molecule has 1 aliphatic carbocycles. The zero-order valence-corrected chi connectivity index (χ0v) is 6.96. The molecule has 1 unspecified atom stereocenters. The first-order valence-electron chi connectivity index (χ1n) is 3.91. The van der Waals surface area contributed by atoms with Crippen molar-refractivity contribution in [2.45, 2.75) is 25.8 Å². The van der Waals surface area contributed by atoms with Gasteiger partial charge in [0.15, 0.2) is 0 Å². The number of terminal acetylenes is 1. The van der Waals surface area contributed by atoms with Gasteiger partial charge in [0.2, 0.25) is 5.91 Å². The number of rotatable bonds is 2. The summed E-state index contributed by atoms with van der Waals surface area (Å²) in [5, 5.41) is 2.62. The highest BCUT2D eigenvalue weighted by molar-refractivity contribution is 5.96. The van der Waals surface area contributed by atoms with Crippen molar-refractivity contribution in [3.63, 3.8) is 0 Å². The first kappa shape index (κ1) is 8.79. The Hall–Kier alpha value is -1.30. The zero-order valence-electron chi connectivity index (χ0n) is 6.96. The summed E-state index contributed by atoms with van der Waals surface area (Å²) < 4.78 is 0. The Morgan fingerprint density at radius 2 is 2.33 bits per heavy atom. The van der Waals surface area contributed by atoms with E-state index in [4.69, 9.17) is 6.42 Å². The molecule has 0 aromatic rings. The Morgan fingerprint density at radius 1 is 1.75 bits per heavy atom. The molecule has 12 heavy (non-hydrogen) atoms. The molecule has 0 radical (unpaired) electrons. The van der Waals surface area contributed by atoms with Crippen LogP contribution < -0.4 is 5.32 Å². The Morgan fingerprint density at radius 3 is 2.75 bits per heavy atom. The van der Waals surface area contributed by atoms with E-state index in [1.807, 2.05) is 0 Å². The van der Waals surface area contributed by atoms with Gasteiger partial charge < -0.3 is 5.32 Å². The van der Waals surface area contributed by atoms with E-state index in [1.165, 1.54) is 0 Å². The minimum Gasteiger partial charge on any atom is -0.342 e. The molecule has 0 aromatic carbocycles. The van der Waals surface area contributed by atoms with Gasteiger partial charge in [0, 0.05) is 12.8 Å². The second kappa shape index (κ2) is 3.40. The zero-order chi connectivity index (χ0) is 9.14. The van der Waals surface area contributed by atoms with Crippen LogP contribution in [0.5, 0.6) is 0 Å². The lowest BCUT2D eigenvalue weighted by Gasteiger charge is -2.23. The smallest absolute Gasteiger partial charge is 0.224 e. The first-order chi connectivity index (χ1) is 5.63. The third-order valence-corrected chi connectivity index (χ3v) is 1.93. The van der Waals surface area contributed by atoms with Crippen LogP contribution in [0.3, 0.4) is 0 Å². The molecular formula is C9H11NO2. The number of carbonyl (C=O) groups excluding carboxylic acids is 2. The van der Waals surface area contributed by atoms with Crippen LogP contribution in [0.15, 0.2) is 0 Å². The molecule has 3 heteroatoms. The standard InChI is InChI=1S/C9H11NO2/c1-3-6(2)10-9(12)7-4-8(11)5-7/h1,6-7H,4-5H2,2H3,(H,10,12). The van der Waals surface area contributed by atoms with Gasteiger partial charge >= 0.3 is 0 Å². The highest BCUT2D eigenvalue weighted by Gasteiger charge is 2.32. The van der Waals surface area contributed by atoms with Crippen LogP contribution in [-0.4, -0.2) is 17.7 Å². The van der Waals surface area contributed by atoms with Gasteiger partial charge in [-0.25, -0.2) is 0 Å². The van der Waals surface area contributed by atoms with Crippen LogP contribution in [0.4, 0.5) is 0 Å². The van der Waals surface area contributed by atoms with Gasteiger partial charge in [-0.3, -0.25) is 9.59 Å². The minimum atomic E-state index is -0.242. The predicted molar refractivity (Wildman–Crippen MR) is 44.2 cm³/mol. The van der Waals surface area contributed by atoms with Crippen LogP contribution >= 0.6 is 0 Å². The summed E-state index contributed by atoms with van der Waals surface area (Å²) in [6.07, 6.45) is 5.83. The summed E-state index contributed by atoms with van der Waals surface area (Å²) in [6.45, 7) is 1.73. The van der Waals surface area contributed by atoms with Gasteiger partial charge in [0.25, 0.3) is 0 Å². The lowest BCUT2D eigenvalue weighted by molar-refractivity contribution is -0.138. The number of Topliss-reactive ketones (excluding diaryl/α,β-unsaturated/α-hetero) is 1. The molecule has 0 aliphatic heterocycles. The number of carbonyl (C=O) groups is 2. The summed E-state index contributed by atoms with van der Waals surface area (Å²) in [4.78, 5) is 21.7. The molecule has 1 aliphatic rings. The van der Waals surface area contributed by atoms with Gasteiger partial charge in [0.1, 0.15) is 5.78 Å². The molecule has 1 fully saturated rings. The lowest BCUT2D eigenvalue weighted by atomic mass is 9.83. The Labute approximate surface area is 71.5 Å². The van der Waals surface area contributed by atoms with Gasteiger partial charge in [-0.1, -0.05) is 5.92 Å². The minimum absolute atomic E-state index is 0.0972. The van der Waals surface area contributed by atoms with E-state index < -0.39 is 0 Å². The maximum atomic E-state index is 11.2. The molecule has 0 bridgehead atoms. The number of hydrogen-bond acceptors (Lipinski definition) is 2. The second-order valence-corrected chi connectivity index (χ2v) is 3.04. The maximum absolute atomic E-state index is 11.2. The van der Waals surface area contributed by atoms with Crippen molar-refractivity contribution in [1.29, 1.82) is 0 Å². The average Bonchev–Trinajstić information content (AvgIpc) is 1.98. The van der Waals surface area contributed by atoms with Crippen molar-refractivity contribution in [2.24, 2.45) is 5.92 Å². The van der Waals surface area contributed by atoms with Crippen molar-refractivity contribution in [3.8, 4) is 12.3 Å². The van der Waals surface area contributed by atoms with Crippen LogP contribution in [0, 0.1) is 18.3 Å². The molecule has 64 valence electrons. The van der Waals surface area contributed by atoms with Gasteiger partial charge in [0.05, 0.1) is 12.0 Å². The molecule has 3 nitrogen and oxygen atoms in total. The first-order valence-corrected chi connectivity index (χ1v) is 3.91. The molecule has 1 amide bonds. The van der Waals surface area contributed by atoms with Crippen LogP contribution in [0.2, 0.25) is 0 Å². The Balaban J connectivity index is 2.31. The molecule has 1 N–H and O–H groups in total. The fourth-order valence-corrected chi connectivity index (χ4v) is 1.05.